The molecule has 0 aromatic rings. The number of epoxide rings is 1. The summed E-state index contributed by atoms with van der Waals surface area (Å²) in [5.41, 5.74) is 5.35. The molecular formula is C42H58O6. The Bertz CT molecular complexity index is 1510. The van der Waals surface area contributed by atoms with Gasteiger partial charge in [0.2, 0.25) is 0 Å². The predicted octanol–water partition coefficient (Wildman–Crippen LogP) is 8.69. The van der Waals surface area contributed by atoms with E-state index in [9.17, 15) is 19.8 Å². The van der Waals surface area contributed by atoms with Gasteiger partial charge in [-0.15, -0.1) is 5.73 Å². The van der Waals surface area contributed by atoms with E-state index in [2.05, 4.69) is 19.6 Å². The largest absolute Gasteiger partial charge is 0.462 e. The summed E-state index contributed by atoms with van der Waals surface area (Å²) in [7, 11) is 0. The van der Waals surface area contributed by atoms with Crippen LogP contribution in [-0.2, 0) is 19.1 Å². The van der Waals surface area contributed by atoms with Gasteiger partial charge in [0, 0.05) is 31.8 Å². The monoisotopic (exact) mass is 658 g/mol. The zero-order valence-corrected chi connectivity index (χ0v) is 31.1. The Balaban J connectivity index is 1.54. The number of esters is 1. The van der Waals surface area contributed by atoms with Crippen molar-refractivity contribution < 1.29 is 29.3 Å². The van der Waals surface area contributed by atoms with Crippen molar-refractivity contribution in [2.45, 2.75) is 137 Å². The summed E-state index contributed by atoms with van der Waals surface area (Å²) >= 11 is 0. The quantitative estimate of drug-likeness (QED) is 0.0758. The first kappa shape index (κ1) is 39.2. The fourth-order valence-electron chi connectivity index (χ4n) is 7.76. The number of carbonyl (C=O) groups is 2. The number of carbonyl (C=O) groups excluding carboxylic acids is 2. The second kappa shape index (κ2) is 15.1. The molecule has 262 valence electrons. The topological polar surface area (TPSA) is 96.4 Å². The molecule has 6 heteroatoms. The normalized spacial score (nSPS) is 32.4. The van der Waals surface area contributed by atoms with Crippen LogP contribution in [0.15, 0.2) is 100 Å². The molecule has 3 aliphatic rings. The van der Waals surface area contributed by atoms with Crippen LogP contribution < -0.4 is 0 Å². The van der Waals surface area contributed by atoms with Gasteiger partial charge in [0.25, 0.3) is 0 Å². The van der Waals surface area contributed by atoms with Crippen LogP contribution in [0.2, 0.25) is 0 Å². The van der Waals surface area contributed by atoms with Gasteiger partial charge in [-0.2, -0.15) is 0 Å². The van der Waals surface area contributed by atoms with Crippen LogP contribution in [0.1, 0.15) is 108 Å². The van der Waals surface area contributed by atoms with E-state index in [1.165, 1.54) is 6.92 Å². The van der Waals surface area contributed by atoms with Crippen LogP contribution >= 0.6 is 0 Å². The fraction of sp³-hybridized carbons (Fsp3) is 0.548. The van der Waals surface area contributed by atoms with Crippen molar-refractivity contribution in [3.63, 3.8) is 0 Å². The lowest BCUT2D eigenvalue weighted by Crippen LogP contribution is -2.48. The molecule has 1 aliphatic heterocycles. The molecule has 0 amide bonds. The first-order chi connectivity index (χ1) is 22.1. The van der Waals surface area contributed by atoms with Gasteiger partial charge in [0.05, 0.1) is 17.3 Å². The van der Waals surface area contributed by atoms with E-state index >= 15 is 0 Å². The molecule has 0 bridgehead atoms. The minimum Gasteiger partial charge on any atom is -0.462 e. The highest BCUT2D eigenvalue weighted by Gasteiger charge is 2.76. The highest BCUT2D eigenvalue weighted by atomic mass is 16.6. The summed E-state index contributed by atoms with van der Waals surface area (Å²) in [5, 5.41) is 21.4. The third-order valence-corrected chi connectivity index (χ3v) is 10.1. The fourth-order valence-corrected chi connectivity index (χ4v) is 7.76. The Labute approximate surface area is 289 Å². The summed E-state index contributed by atoms with van der Waals surface area (Å²) in [6.45, 7) is 21.4. The molecule has 2 aliphatic carbocycles. The van der Waals surface area contributed by atoms with Crippen molar-refractivity contribution in [1.82, 2.24) is 0 Å². The summed E-state index contributed by atoms with van der Waals surface area (Å²) in [6.07, 6.45) is 23.6. The summed E-state index contributed by atoms with van der Waals surface area (Å²) in [6, 6.07) is 0. The van der Waals surface area contributed by atoms with Crippen LogP contribution in [0.25, 0.3) is 0 Å². The van der Waals surface area contributed by atoms with Gasteiger partial charge in [-0.1, -0.05) is 99.6 Å². The minimum absolute atomic E-state index is 0.0816. The van der Waals surface area contributed by atoms with Crippen molar-refractivity contribution >= 4 is 11.8 Å². The number of ketones is 1. The van der Waals surface area contributed by atoms with E-state index in [0.29, 0.717) is 37.7 Å². The molecule has 2 N–H and O–H groups in total. The van der Waals surface area contributed by atoms with Crippen molar-refractivity contribution in [3.05, 3.63) is 100 Å². The molecule has 3 rings (SSSR count). The Morgan fingerprint density at radius 3 is 1.92 bits per heavy atom. The van der Waals surface area contributed by atoms with Gasteiger partial charge in [0.15, 0.2) is 5.78 Å². The van der Waals surface area contributed by atoms with E-state index in [0.717, 1.165) is 22.3 Å². The second-order valence-corrected chi connectivity index (χ2v) is 15.9. The van der Waals surface area contributed by atoms with E-state index in [4.69, 9.17) is 9.47 Å². The second-order valence-electron chi connectivity index (χ2n) is 15.9. The summed E-state index contributed by atoms with van der Waals surface area (Å²) in [4.78, 5) is 24.5. The Morgan fingerprint density at radius 1 is 0.812 bits per heavy atom. The van der Waals surface area contributed by atoms with Gasteiger partial charge >= 0.3 is 5.97 Å². The Morgan fingerprint density at radius 2 is 1.38 bits per heavy atom. The molecule has 1 heterocycles. The van der Waals surface area contributed by atoms with Crippen molar-refractivity contribution in [2.75, 3.05) is 0 Å². The maximum atomic E-state index is 13.1. The number of fused-ring (bicyclic) bond motifs is 1. The van der Waals surface area contributed by atoms with Crippen molar-refractivity contribution in [3.8, 4) is 0 Å². The molecule has 0 aromatic carbocycles. The lowest BCUT2D eigenvalue weighted by atomic mass is 9.61. The number of rotatable bonds is 11. The molecule has 1 saturated heterocycles. The molecular weight excluding hydrogens is 600 g/mol. The number of Topliss-reactive ketones (excluding diaryl/α,β-unsaturated/α-hetero) is 1. The Kier molecular flexibility index (Phi) is 12.3. The van der Waals surface area contributed by atoms with Gasteiger partial charge in [-0.25, -0.2) is 0 Å². The molecule has 5 atom stereocenters. The third kappa shape index (κ3) is 9.66. The first-order valence-electron chi connectivity index (χ1n) is 17.1. The van der Waals surface area contributed by atoms with Crippen LogP contribution in [-0.4, -0.2) is 51.0 Å². The van der Waals surface area contributed by atoms with Crippen molar-refractivity contribution in [2.24, 2.45) is 10.8 Å². The highest BCUT2D eigenvalue weighted by molar-refractivity contribution is 5.96. The standard InChI is InChI=1S/C42H58O6/c1-29(18-14-19-31(3)22-23-37-38(6,7)26-35(47-33(5)43)27-40(37,10)46)16-12-13-17-30(2)20-15-21-32(4)36(45)28-42-39(8,9)24-34(44)25-41(42,11)48-42/h12-22,34-35,44,46H,24-28H2,1-11H3/b13-12+,18-14+,20-15+,29-16+,30-17-,31-19+,32-21+/t23?,34-,35-,40-,41-,42-/m1/s1. The van der Waals surface area contributed by atoms with Gasteiger partial charge in [0.1, 0.15) is 11.7 Å². The Hall–Kier alpha value is -3.28. The molecule has 2 saturated carbocycles. The van der Waals surface area contributed by atoms with Crippen molar-refractivity contribution in [1.29, 1.82) is 0 Å². The van der Waals surface area contributed by atoms with E-state index < -0.39 is 16.8 Å². The number of aliphatic hydroxyl groups excluding tert-OH is 1. The molecule has 0 spiro atoms. The maximum Gasteiger partial charge on any atom is 0.302 e. The zero-order chi connectivity index (χ0) is 36.1. The average Bonchev–Trinajstić information content (AvgIpc) is 3.53. The maximum absolute atomic E-state index is 13.1. The summed E-state index contributed by atoms with van der Waals surface area (Å²) < 4.78 is 11.6. The van der Waals surface area contributed by atoms with E-state index in [1.807, 2.05) is 115 Å². The minimum atomic E-state index is -1.11. The molecule has 6 nitrogen and oxygen atoms in total. The molecule has 3 fully saturated rings. The van der Waals surface area contributed by atoms with E-state index in [-0.39, 0.29) is 34.8 Å². The van der Waals surface area contributed by atoms with Crippen LogP contribution in [0, 0.1) is 10.8 Å². The third-order valence-electron chi connectivity index (χ3n) is 10.1. The molecule has 0 aromatic heterocycles. The zero-order valence-electron chi connectivity index (χ0n) is 31.1. The smallest absolute Gasteiger partial charge is 0.302 e. The summed E-state index contributed by atoms with van der Waals surface area (Å²) in [5.74, 6) is -0.244. The SMILES string of the molecule is CC(=O)O[C@@H]1CC(C)(C)C(=C=C/C(C)=C/C=C/C(C)=C/C=C/C=C(C)\C=C\C=C(/C)C(=O)C[C@]23O[C@]2(C)C[C@H](O)CC3(C)C)[C@](C)(O)C1. The average molecular weight is 659 g/mol. The van der Waals surface area contributed by atoms with Gasteiger partial charge in [-0.3, -0.25) is 9.59 Å². The predicted molar refractivity (Wildman–Crippen MR) is 194 cm³/mol. The van der Waals surface area contributed by atoms with Crippen LogP contribution in [0.3, 0.4) is 0 Å². The lowest BCUT2D eigenvalue weighted by Gasteiger charge is -2.44. The number of allylic oxidation sites excluding steroid dienone is 14. The van der Waals surface area contributed by atoms with Gasteiger partial charge < -0.3 is 19.7 Å². The number of hydrogen-bond donors (Lipinski definition) is 2. The van der Waals surface area contributed by atoms with Crippen LogP contribution in [0.4, 0.5) is 0 Å². The van der Waals surface area contributed by atoms with Crippen LogP contribution in [0.5, 0.6) is 0 Å². The van der Waals surface area contributed by atoms with Gasteiger partial charge in [-0.05, 0) is 82.4 Å². The molecule has 0 radical (unpaired) electrons. The lowest BCUT2D eigenvalue weighted by molar-refractivity contribution is -0.152. The number of aliphatic hydroxyl groups is 2. The number of ether oxygens (including phenoxy) is 2. The molecule has 48 heavy (non-hydrogen) atoms. The highest BCUT2D eigenvalue weighted by Crippen LogP contribution is 2.67. The number of hydrogen-bond acceptors (Lipinski definition) is 6. The van der Waals surface area contributed by atoms with E-state index in [1.54, 1.807) is 6.92 Å². The first-order valence-corrected chi connectivity index (χ1v) is 17.1. The molecule has 0 unspecified atom stereocenters.